The van der Waals surface area contributed by atoms with Crippen LogP contribution in [0.2, 0.25) is 0 Å². The molecule has 7 nitrogen and oxygen atoms in total. The predicted molar refractivity (Wildman–Crippen MR) is 100 cm³/mol. The standard InChI is InChI=1S/C20H20N2O5/c1-21(19(23)15-2-3-16(12-15)20(24)25)17-8-4-13(5-9-17)14-6-10-18(11-7-14)22(26)27/h4-11,15-16H,2-3,12H2,1H3,(H,24,25). The van der Waals surface area contributed by atoms with Crippen LogP contribution in [-0.2, 0) is 9.59 Å². The van der Waals surface area contributed by atoms with Crippen LogP contribution in [0.5, 0.6) is 0 Å². The van der Waals surface area contributed by atoms with Gasteiger partial charge in [0.05, 0.1) is 10.8 Å². The van der Waals surface area contributed by atoms with Gasteiger partial charge >= 0.3 is 5.97 Å². The number of nitro benzene ring substituents is 1. The highest BCUT2D eigenvalue weighted by Gasteiger charge is 2.35. The van der Waals surface area contributed by atoms with Crippen molar-refractivity contribution < 1.29 is 19.6 Å². The quantitative estimate of drug-likeness (QED) is 0.640. The van der Waals surface area contributed by atoms with Crippen molar-refractivity contribution in [3.05, 3.63) is 58.6 Å². The van der Waals surface area contributed by atoms with Crippen LogP contribution in [0, 0.1) is 22.0 Å². The van der Waals surface area contributed by atoms with Crippen LogP contribution in [0.3, 0.4) is 0 Å². The first-order valence-electron chi connectivity index (χ1n) is 8.72. The Morgan fingerprint density at radius 1 is 1.00 bits per heavy atom. The zero-order chi connectivity index (χ0) is 19.6. The molecule has 0 saturated heterocycles. The number of carboxylic acids is 1. The van der Waals surface area contributed by atoms with Crippen molar-refractivity contribution in [3.63, 3.8) is 0 Å². The molecule has 1 aliphatic rings. The molecule has 0 aliphatic heterocycles. The Labute approximate surface area is 156 Å². The Kier molecular flexibility index (Phi) is 5.21. The van der Waals surface area contributed by atoms with E-state index in [0.717, 1.165) is 16.8 Å². The summed E-state index contributed by atoms with van der Waals surface area (Å²) in [5.41, 5.74) is 2.50. The van der Waals surface area contributed by atoms with Crippen LogP contribution in [0.25, 0.3) is 11.1 Å². The summed E-state index contributed by atoms with van der Waals surface area (Å²) in [4.78, 5) is 35.6. The summed E-state index contributed by atoms with van der Waals surface area (Å²) in [5.74, 6) is -1.59. The van der Waals surface area contributed by atoms with E-state index in [2.05, 4.69) is 0 Å². The highest BCUT2D eigenvalue weighted by Crippen LogP contribution is 2.33. The fraction of sp³-hybridized carbons (Fsp3) is 0.300. The number of carbonyl (C=O) groups is 2. The fourth-order valence-corrected chi connectivity index (χ4v) is 3.48. The van der Waals surface area contributed by atoms with E-state index >= 15 is 0 Å². The predicted octanol–water partition coefficient (Wildman–Crippen LogP) is 3.73. The summed E-state index contributed by atoms with van der Waals surface area (Å²) >= 11 is 0. The number of nitrogens with zero attached hydrogens (tertiary/aromatic N) is 2. The average Bonchev–Trinajstić information content (AvgIpc) is 3.17. The van der Waals surface area contributed by atoms with Gasteiger partial charge in [-0.25, -0.2) is 0 Å². The smallest absolute Gasteiger partial charge is 0.306 e. The minimum Gasteiger partial charge on any atom is -0.481 e. The summed E-state index contributed by atoms with van der Waals surface area (Å²) in [6.07, 6.45) is 1.53. The topological polar surface area (TPSA) is 101 Å². The Balaban J connectivity index is 1.70. The number of non-ortho nitro benzene ring substituents is 1. The second kappa shape index (κ2) is 7.57. The van der Waals surface area contributed by atoms with E-state index in [1.807, 2.05) is 24.3 Å². The summed E-state index contributed by atoms with van der Waals surface area (Å²) in [6, 6.07) is 13.6. The molecule has 2 aromatic carbocycles. The molecule has 2 aromatic rings. The Morgan fingerprint density at radius 3 is 2.00 bits per heavy atom. The number of rotatable bonds is 5. The zero-order valence-corrected chi connectivity index (χ0v) is 14.9. The SMILES string of the molecule is CN(C(=O)C1CCC(C(=O)O)C1)c1ccc(-c2ccc([N+](=O)[O-])cc2)cc1. The highest BCUT2D eigenvalue weighted by atomic mass is 16.6. The normalized spacial score (nSPS) is 18.9. The second-order valence-electron chi connectivity index (χ2n) is 6.79. The lowest BCUT2D eigenvalue weighted by Crippen LogP contribution is -2.32. The summed E-state index contributed by atoms with van der Waals surface area (Å²) in [6.45, 7) is 0. The third-order valence-corrected chi connectivity index (χ3v) is 5.13. The molecule has 140 valence electrons. The van der Waals surface area contributed by atoms with E-state index in [-0.39, 0.29) is 17.5 Å². The number of hydrogen-bond acceptors (Lipinski definition) is 4. The number of nitro groups is 1. The number of hydrogen-bond donors (Lipinski definition) is 1. The first-order valence-corrected chi connectivity index (χ1v) is 8.72. The summed E-state index contributed by atoms with van der Waals surface area (Å²) < 4.78 is 0. The number of benzene rings is 2. The Morgan fingerprint density at radius 2 is 1.52 bits per heavy atom. The summed E-state index contributed by atoms with van der Waals surface area (Å²) in [5, 5.41) is 19.8. The molecule has 27 heavy (non-hydrogen) atoms. The molecular weight excluding hydrogens is 348 g/mol. The molecule has 2 unspecified atom stereocenters. The maximum absolute atomic E-state index is 12.6. The number of carbonyl (C=O) groups excluding carboxylic acids is 1. The van der Waals surface area contributed by atoms with Gasteiger partial charge in [-0.05, 0) is 54.7 Å². The first kappa shape index (κ1) is 18.6. The van der Waals surface area contributed by atoms with Crippen molar-refractivity contribution in [2.45, 2.75) is 19.3 Å². The first-order chi connectivity index (χ1) is 12.9. The van der Waals surface area contributed by atoms with E-state index in [1.165, 1.54) is 12.1 Å². The maximum atomic E-state index is 12.6. The molecule has 1 amide bonds. The second-order valence-corrected chi connectivity index (χ2v) is 6.79. The van der Waals surface area contributed by atoms with Gasteiger partial charge in [0, 0.05) is 30.8 Å². The van der Waals surface area contributed by atoms with E-state index in [0.29, 0.717) is 19.3 Å². The van der Waals surface area contributed by atoms with E-state index in [4.69, 9.17) is 5.11 Å². The van der Waals surface area contributed by atoms with Gasteiger partial charge in [0.25, 0.3) is 5.69 Å². The molecule has 0 bridgehead atoms. The molecule has 0 radical (unpaired) electrons. The lowest BCUT2D eigenvalue weighted by molar-refractivity contribution is -0.384. The molecule has 0 spiro atoms. The van der Waals surface area contributed by atoms with Crippen LogP contribution in [0.1, 0.15) is 19.3 Å². The fourth-order valence-electron chi connectivity index (χ4n) is 3.48. The highest BCUT2D eigenvalue weighted by molar-refractivity contribution is 5.95. The monoisotopic (exact) mass is 368 g/mol. The summed E-state index contributed by atoms with van der Waals surface area (Å²) in [7, 11) is 1.69. The van der Waals surface area contributed by atoms with Gasteiger partial charge in [0.2, 0.25) is 5.91 Å². The maximum Gasteiger partial charge on any atom is 0.306 e. The van der Waals surface area contributed by atoms with Gasteiger partial charge in [-0.1, -0.05) is 12.1 Å². The average molecular weight is 368 g/mol. The largest absolute Gasteiger partial charge is 0.481 e. The number of amides is 1. The molecule has 1 fully saturated rings. The van der Waals surface area contributed by atoms with Crippen molar-refractivity contribution in [1.29, 1.82) is 0 Å². The molecule has 1 N–H and O–H groups in total. The van der Waals surface area contributed by atoms with E-state index in [1.54, 1.807) is 24.1 Å². The molecule has 1 aliphatic carbocycles. The third kappa shape index (κ3) is 3.97. The Bertz CT molecular complexity index is 861. The number of anilines is 1. The third-order valence-electron chi connectivity index (χ3n) is 5.13. The Hall–Kier alpha value is -3.22. The molecular formula is C20H20N2O5. The molecule has 0 aromatic heterocycles. The van der Waals surface area contributed by atoms with Gasteiger partial charge in [0.15, 0.2) is 0 Å². The van der Waals surface area contributed by atoms with Gasteiger partial charge in [-0.3, -0.25) is 19.7 Å². The minimum atomic E-state index is -0.833. The minimum absolute atomic E-state index is 0.0388. The van der Waals surface area contributed by atoms with Crippen LogP contribution >= 0.6 is 0 Å². The molecule has 1 saturated carbocycles. The number of carboxylic acid groups (broad SMARTS) is 1. The van der Waals surface area contributed by atoms with Crippen molar-refractivity contribution in [3.8, 4) is 11.1 Å². The van der Waals surface area contributed by atoms with Gasteiger partial charge in [-0.2, -0.15) is 0 Å². The molecule has 0 heterocycles. The van der Waals surface area contributed by atoms with Crippen molar-refractivity contribution >= 4 is 23.3 Å². The van der Waals surface area contributed by atoms with Gasteiger partial charge in [0.1, 0.15) is 0 Å². The van der Waals surface area contributed by atoms with Crippen molar-refractivity contribution in [2.75, 3.05) is 11.9 Å². The molecule has 3 rings (SSSR count). The van der Waals surface area contributed by atoms with Crippen molar-refractivity contribution in [2.24, 2.45) is 11.8 Å². The van der Waals surface area contributed by atoms with Crippen LogP contribution in [0.4, 0.5) is 11.4 Å². The molecule has 2 atom stereocenters. The lowest BCUT2D eigenvalue weighted by atomic mass is 10.0. The number of aliphatic carboxylic acids is 1. The van der Waals surface area contributed by atoms with Crippen LogP contribution in [0.15, 0.2) is 48.5 Å². The van der Waals surface area contributed by atoms with E-state index < -0.39 is 16.8 Å². The van der Waals surface area contributed by atoms with Crippen molar-refractivity contribution in [1.82, 2.24) is 0 Å². The van der Waals surface area contributed by atoms with Crippen LogP contribution < -0.4 is 4.90 Å². The molecule has 7 heteroatoms. The van der Waals surface area contributed by atoms with Gasteiger partial charge in [-0.15, -0.1) is 0 Å². The van der Waals surface area contributed by atoms with Gasteiger partial charge < -0.3 is 10.0 Å². The zero-order valence-electron chi connectivity index (χ0n) is 14.9. The lowest BCUT2D eigenvalue weighted by Gasteiger charge is -2.21. The van der Waals surface area contributed by atoms with Crippen LogP contribution in [-0.4, -0.2) is 29.0 Å². The van der Waals surface area contributed by atoms with E-state index in [9.17, 15) is 19.7 Å².